The minimum Gasteiger partial charge on any atom is -0.451 e. The van der Waals surface area contributed by atoms with Crippen LogP contribution in [0.1, 0.15) is 345 Å². The number of aliphatic hydroxyl groups is 1. The topological polar surface area (TPSA) is 259 Å². The molecule has 0 saturated carbocycles. The summed E-state index contributed by atoms with van der Waals surface area (Å²) in [4.78, 5) is 60.6. The fourth-order valence-corrected chi connectivity index (χ4v) is 19.7. The summed E-state index contributed by atoms with van der Waals surface area (Å²) in [6, 6.07) is 61.7. The average molecular weight is 1940 g/mol. The highest BCUT2D eigenvalue weighted by Crippen LogP contribution is 2.53. The Labute approximate surface area is 832 Å². The maximum Gasteiger partial charge on any atom is 0.588 e. The molecule has 2 fully saturated rings. The van der Waals surface area contributed by atoms with Gasteiger partial charge in [-0.2, -0.15) is 0 Å². The maximum atomic E-state index is 16.3. The van der Waals surface area contributed by atoms with E-state index in [1.165, 1.54) is 148 Å². The lowest BCUT2D eigenvalue weighted by atomic mass is 9.91. The molecule has 0 spiro atoms. The van der Waals surface area contributed by atoms with Crippen molar-refractivity contribution in [3.63, 3.8) is 0 Å². The minimum absolute atomic E-state index is 0.0131. The van der Waals surface area contributed by atoms with Crippen LogP contribution in [0.5, 0.6) is 11.5 Å². The van der Waals surface area contributed by atoms with Crippen molar-refractivity contribution in [1.82, 2.24) is 10.6 Å². The molecule has 0 aromatic heterocycles. The van der Waals surface area contributed by atoms with Gasteiger partial charge >= 0.3 is 19.9 Å². The molecule has 22 nitrogen and oxygen atoms in total. The number of ether oxygens (including phenoxy) is 11. The van der Waals surface area contributed by atoms with Crippen LogP contribution in [-0.4, -0.2) is 141 Å². The van der Waals surface area contributed by atoms with Gasteiger partial charge in [0.25, 0.3) is 0 Å². The quantitative estimate of drug-likeness (QED) is 0.0182. The Bertz CT molecular complexity index is 4240. The van der Waals surface area contributed by atoms with Gasteiger partial charge in [-0.05, 0) is 90.6 Å². The van der Waals surface area contributed by atoms with Crippen LogP contribution in [0, 0.1) is 0 Å². The largest absolute Gasteiger partial charge is 0.588 e. The Balaban J connectivity index is 1.11. The highest BCUT2D eigenvalue weighted by atomic mass is 31.2. The summed E-state index contributed by atoms with van der Waals surface area (Å²) in [6.07, 6.45) is 29.0. The Hall–Kier alpha value is -8.35. The van der Waals surface area contributed by atoms with E-state index >= 15 is 14.2 Å². The van der Waals surface area contributed by atoms with E-state index in [1.807, 2.05) is 140 Å². The molecule has 3 N–H and O–H groups in total. The third-order valence-corrected chi connectivity index (χ3v) is 27.6. The number of para-hydroxylation sites is 2. The number of nitrogens with one attached hydrogen (secondary N) is 2. The summed E-state index contributed by atoms with van der Waals surface area (Å²) in [5.74, 6) is -1.71. The first kappa shape index (κ1) is 114. The van der Waals surface area contributed by atoms with Crippen molar-refractivity contribution in [3.8, 4) is 11.5 Å². The molecule has 9 rings (SSSR count). The van der Waals surface area contributed by atoms with Gasteiger partial charge < -0.3 is 76.9 Å². The molecule has 0 aliphatic carbocycles. The van der Waals surface area contributed by atoms with Crippen molar-refractivity contribution in [2.75, 3.05) is 33.0 Å². The normalized spacial score (nSPS) is 18.9. The van der Waals surface area contributed by atoms with Gasteiger partial charge in [0.1, 0.15) is 67.4 Å². The molecular weight excluding hydrogens is 1770 g/mol. The van der Waals surface area contributed by atoms with E-state index in [9.17, 15) is 14.7 Å². The van der Waals surface area contributed by atoms with E-state index < -0.39 is 118 Å². The molecule has 23 heteroatoms. The summed E-state index contributed by atoms with van der Waals surface area (Å²) in [6.45, 7) is 9.93. The Kier molecular flexibility index (Phi) is 57.8. The summed E-state index contributed by atoms with van der Waals surface area (Å²) in [7, 11) is -4.99. The maximum absolute atomic E-state index is 16.3. The third-order valence-electron chi connectivity index (χ3n) is 26.2. The number of carbonyl (C=O) groups excluding carboxylic acids is 4. The number of amides is 2. The van der Waals surface area contributed by atoms with Gasteiger partial charge in [0.2, 0.25) is 11.8 Å². The number of benzene rings is 7. The molecule has 13 atom stereocenters. The van der Waals surface area contributed by atoms with E-state index in [0.717, 1.165) is 120 Å². The van der Waals surface area contributed by atoms with Gasteiger partial charge in [-0.1, -0.05) is 447 Å². The first-order valence-corrected chi connectivity index (χ1v) is 54.9. The molecule has 2 heterocycles. The van der Waals surface area contributed by atoms with E-state index in [2.05, 4.69) is 38.3 Å². The number of rotatable bonds is 77. The number of unbranched alkanes of at least 4 members (excludes halogenated alkanes) is 33. The number of phosphoric ester groups is 1. The number of hydrogen-bond donors (Lipinski definition) is 3. The number of esters is 1. The third kappa shape index (κ3) is 46.3. The minimum atomic E-state index is -4.99. The van der Waals surface area contributed by atoms with Crippen molar-refractivity contribution in [1.29, 1.82) is 0 Å². The van der Waals surface area contributed by atoms with Crippen LogP contribution >= 0.6 is 7.82 Å². The number of phosphoric acid groups is 1. The van der Waals surface area contributed by atoms with Gasteiger partial charge in [0.05, 0.1) is 50.6 Å². The lowest BCUT2D eigenvalue weighted by molar-refractivity contribution is -0.289. The van der Waals surface area contributed by atoms with Gasteiger partial charge in [-0.25, -0.2) is 14.2 Å². The number of hydrogen-bond acceptors (Lipinski definition) is 20. The van der Waals surface area contributed by atoms with Crippen molar-refractivity contribution >= 4 is 31.8 Å². The zero-order chi connectivity index (χ0) is 98.1. The van der Waals surface area contributed by atoms with Crippen LogP contribution in [0.15, 0.2) is 212 Å². The average Bonchev–Trinajstić information content (AvgIpc) is 0.771. The van der Waals surface area contributed by atoms with E-state index in [-0.39, 0.29) is 56.6 Å². The molecule has 0 unspecified atom stereocenters. The van der Waals surface area contributed by atoms with E-state index in [1.54, 1.807) is 72.8 Å². The predicted molar refractivity (Wildman–Crippen MR) is 549 cm³/mol. The lowest BCUT2D eigenvalue weighted by Gasteiger charge is -2.47. The Morgan fingerprint density at radius 3 is 1.19 bits per heavy atom. The lowest BCUT2D eigenvalue weighted by Crippen LogP contribution is -2.68. The second-order valence-corrected chi connectivity index (χ2v) is 39.4. The molecule has 0 radical (unpaired) electrons. The first-order chi connectivity index (χ1) is 68.2. The SMILES string of the molecule is CCCCCCCCCCCCO[C@H](CCCCCCCCCCC)CCO[C@@H]1[C@@H](NC(C)=O)[C@H](OC[C@H]2O[C@H](C(=O)OC(c3ccccc3)c3ccccc3)[C@H](NC(=O)C[C@@H](CCCCCCCCCCC)OCc3ccccc3)[C@@H](OCC[C@@H](CCCCCCCCCCC)OCc3ccccc3)[C@@H]2O)O[C@H](COC(=O)OCc2ccccc2)[C@@H]1OP(=O)(Oc1ccccc1)Oc1ccccc1. The molecule has 768 valence electrons. The van der Waals surface area contributed by atoms with Crippen LogP contribution in [0.25, 0.3) is 0 Å². The highest BCUT2D eigenvalue weighted by molar-refractivity contribution is 7.49. The van der Waals surface area contributed by atoms with E-state index in [0.29, 0.717) is 49.2 Å². The van der Waals surface area contributed by atoms with Crippen molar-refractivity contribution in [3.05, 3.63) is 240 Å². The molecule has 7 aromatic rings. The van der Waals surface area contributed by atoms with E-state index in [4.69, 9.17) is 65.7 Å². The molecule has 2 saturated heterocycles. The van der Waals surface area contributed by atoms with Gasteiger partial charge in [-0.3, -0.25) is 14.1 Å². The van der Waals surface area contributed by atoms with Crippen molar-refractivity contribution in [2.24, 2.45) is 0 Å². The fourth-order valence-electron chi connectivity index (χ4n) is 18.3. The van der Waals surface area contributed by atoms with Gasteiger partial charge in [0.15, 0.2) is 18.5 Å². The summed E-state index contributed by atoms with van der Waals surface area (Å²) >= 11 is 0. The monoisotopic (exact) mass is 1940 g/mol. The predicted octanol–water partition coefficient (Wildman–Crippen LogP) is 27.4. The van der Waals surface area contributed by atoms with Crippen LogP contribution < -0.4 is 19.7 Å². The van der Waals surface area contributed by atoms with Gasteiger partial charge in [-0.15, -0.1) is 0 Å². The Morgan fingerprint density at radius 1 is 0.367 bits per heavy atom. The molecule has 2 amide bonds. The fraction of sp³-hybridized carbons (Fsp3) is 0.603. The summed E-state index contributed by atoms with van der Waals surface area (Å²) in [5, 5.41) is 20.0. The number of carbonyl (C=O) groups is 4. The standard InChI is InChI=1S/C116H169N2O20P/c1-6-10-14-18-22-26-30-34-38-63-83-125-98(74-56-35-31-27-23-19-15-11-7-2)81-85-127-112-107(117-92(5)119)115(134-104(91-132-116(123)131-89-95-68-50-41-51-69-95)110(112)138-139(124,136-100-76-59-44-60-77-100)137-101-78-61-45-62-79-101)130-90-103-108(121)111(126-84-82-99(128-87-93-64-46-39-47-65-93)75-57-36-32-28-24-20-16-12-8-3)106(113(133-103)114(122)135-109(96-70-52-42-53-71-96)97-72-54-43-55-73-97)118-105(120)86-102(129-88-94-66-48-40-49-67-94)80-58-37-33-29-25-21-17-13-9-4/h39-55,59-62,64-73,76-79,98-99,102-104,106-113,115,121H,6-38,56-58,63,74-75,80-91H2,1-5H3,(H,117,119)(H,118,120)/t98-,99-,102-,103-,104-,106-,107-,108-,110+,111-,112-,113+,115-/m1/s1. The zero-order valence-corrected chi connectivity index (χ0v) is 85.4. The molecule has 0 bridgehead atoms. The van der Waals surface area contributed by atoms with Crippen LogP contribution in [0.4, 0.5) is 4.79 Å². The Morgan fingerprint density at radius 2 is 0.748 bits per heavy atom. The summed E-state index contributed by atoms with van der Waals surface area (Å²) in [5.41, 5.74) is 3.93. The molecule has 2 aliphatic rings. The molecule has 139 heavy (non-hydrogen) atoms. The smallest absolute Gasteiger partial charge is 0.451 e. The van der Waals surface area contributed by atoms with Crippen LogP contribution in [0.2, 0.25) is 0 Å². The van der Waals surface area contributed by atoms with Crippen molar-refractivity contribution < 1.29 is 94.5 Å². The highest BCUT2D eigenvalue weighted by Gasteiger charge is 2.56. The second kappa shape index (κ2) is 70.3. The first-order valence-electron chi connectivity index (χ1n) is 53.5. The van der Waals surface area contributed by atoms with Crippen molar-refractivity contribution in [2.45, 2.75) is 416 Å². The molecule has 7 aromatic carbocycles. The molecule has 2 aliphatic heterocycles. The van der Waals surface area contributed by atoms with Crippen LogP contribution in [-0.2, 0) is 95.4 Å². The summed E-state index contributed by atoms with van der Waals surface area (Å²) < 4.78 is 111. The van der Waals surface area contributed by atoms with Gasteiger partial charge in [0, 0.05) is 26.7 Å². The van der Waals surface area contributed by atoms with Crippen LogP contribution in [0.3, 0.4) is 0 Å². The number of aliphatic hydroxyl groups excluding tert-OH is 1. The second-order valence-electron chi connectivity index (χ2n) is 37.9. The molecular formula is C116H169N2O20P. The zero-order valence-electron chi connectivity index (χ0n) is 84.5.